The van der Waals surface area contributed by atoms with Crippen molar-refractivity contribution in [3.05, 3.63) is 40.6 Å². The van der Waals surface area contributed by atoms with E-state index in [1.165, 1.54) is 0 Å². The van der Waals surface area contributed by atoms with Gasteiger partial charge in [0.25, 0.3) is 0 Å². The summed E-state index contributed by atoms with van der Waals surface area (Å²) >= 11 is 0. The molecule has 3 rings (SSSR count). The molecule has 2 aromatic heterocycles. The quantitative estimate of drug-likeness (QED) is 0.734. The average Bonchev–Trinajstić information content (AvgIpc) is 2.92. The SMILES string of the molecule is Cn1ncc(-c2ccc3oc(=O)[nH]c3c2)c1CCN. The highest BCUT2D eigenvalue weighted by Gasteiger charge is 2.11. The first kappa shape index (κ1) is 11.7. The zero-order valence-electron chi connectivity index (χ0n) is 10.5. The van der Waals surface area contributed by atoms with Gasteiger partial charge in [0.1, 0.15) is 0 Å². The van der Waals surface area contributed by atoms with Crippen molar-refractivity contribution >= 4 is 11.1 Å². The van der Waals surface area contributed by atoms with Gasteiger partial charge in [-0.15, -0.1) is 0 Å². The maximum absolute atomic E-state index is 11.2. The Morgan fingerprint density at radius 3 is 3.11 bits per heavy atom. The number of nitrogens with one attached hydrogen (secondary N) is 1. The highest BCUT2D eigenvalue weighted by atomic mass is 16.4. The number of H-pyrrole nitrogens is 1. The van der Waals surface area contributed by atoms with Gasteiger partial charge in [-0.3, -0.25) is 9.67 Å². The van der Waals surface area contributed by atoms with Crippen molar-refractivity contribution in [3.63, 3.8) is 0 Å². The van der Waals surface area contributed by atoms with Crippen LogP contribution in [0.3, 0.4) is 0 Å². The zero-order chi connectivity index (χ0) is 13.4. The number of hydrogen-bond acceptors (Lipinski definition) is 4. The molecule has 3 aromatic rings. The second-order valence-electron chi connectivity index (χ2n) is 4.39. The molecule has 3 N–H and O–H groups in total. The number of rotatable bonds is 3. The lowest BCUT2D eigenvalue weighted by atomic mass is 10.0. The maximum Gasteiger partial charge on any atom is 0.417 e. The van der Waals surface area contributed by atoms with Crippen molar-refractivity contribution in [1.82, 2.24) is 14.8 Å². The summed E-state index contributed by atoms with van der Waals surface area (Å²) in [6, 6.07) is 5.58. The molecule has 0 atom stereocenters. The van der Waals surface area contributed by atoms with E-state index in [9.17, 15) is 4.79 Å². The van der Waals surface area contributed by atoms with Gasteiger partial charge in [-0.1, -0.05) is 6.07 Å². The molecule has 1 aromatic carbocycles. The normalized spacial score (nSPS) is 11.3. The van der Waals surface area contributed by atoms with Crippen LogP contribution in [0.25, 0.3) is 22.2 Å². The summed E-state index contributed by atoms with van der Waals surface area (Å²) in [5.74, 6) is -0.444. The molecular weight excluding hydrogens is 244 g/mol. The van der Waals surface area contributed by atoms with E-state index in [4.69, 9.17) is 10.2 Å². The molecule has 6 heteroatoms. The summed E-state index contributed by atoms with van der Waals surface area (Å²) in [4.78, 5) is 13.8. The van der Waals surface area contributed by atoms with Crippen LogP contribution in [0.2, 0.25) is 0 Å². The van der Waals surface area contributed by atoms with Crippen molar-refractivity contribution in [2.75, 3.05) is 6.54 Å². The number of fused-ring (bicyclic) bond motifs is 1. The van der Waals surface area contributed by atoms with Gasteiger partial charge in [-0.05, 0) is 24.2 Å². The molecule has 0 saturated carbocycles. The standard InChI is InChI=1S/C13H14N4O2/c1-17-11(4-5-14)9(7-15-17)8-2-3-12-10(6-8)16-13(18)19-12/h2-3,6-7H,4-5,14H2,1H3,(H,16,18). The molecule has 0 aliphatic heterocycles. The Morgan fingerprint density at radius 2 is 2.32 bits per heavy atom. The van der Waals surface area contributed by atoms with Gasteiger partial charge in [0, 0.05) is 24.7 Å². The molecular formula is C13H14N4O2. The average molecular weight is 258 g/mol. The van der Waals surface area contributed by atoms with Crippen LogP contribution in [0.1, 0.15) is 5.69 Å². The number of nitrogens with zero attached hydrogens (tertiary/aromatic N) is 2. The monoisotopic (exact) mass is 258 g/mol. The molecule has 0 radical (unpaired) electrons. The van der Waals surface area contributed by atoms with E-state index in [-0.39, 0.29) is 0 Å². The summed E-state index contributed by atoms with van der Waals surface area (Å²) in [5.41, 5.74) is 9.95. The lowest BCUT2D eigenvalue weighted by molar-refractivity contribution is 0.555. The number of aromatic amines is 1. The van der Waals surface area contributed by atoms with E-state index < -0.39 is 5.76 Å². The van der Waals surface area contributed by atoms with Gasteiger partial charge in [0.05, 0.1) is 11.7 Å². The lowest BCUT2D eigenvalue weighted by Gasteiger charge is -2.04. The van der Waals surface area contributed by atoms with Crippen LogP contribution >= 0.6 is 0 Å². The molecule has 0 spiro atoms. The third kappa shape index (κ3) is 1.96. The molecule has 19 heavy (non-hydrogen) atoms. The molecule has 0 aliphatic carbocycles. The van der Waals surface area contributed by atoms with Crippen LogP contribution in [-0.4, -0.2) is 21.3 Å². The van der Waals surface area contributed by atoms with E-state index in [1.807, 2.05) is 30.1 Å². The van der Waals surface area contributed by atoms with E-state index in [0.29, 0.717) is 17.6 Å². The third-order valence-corrected chi connectivity index (χ3v) is 3.17. The maximum atomic E-state index is 11.2. The number of nitrogens with two attached hydrogens (primary N) is 1. The van der Waals surface area contributed by atoms with Gasteiger partial charge in [-0.2, -0.15) is 5.10 Å². The van der Waals surface area contributed by atoms with Gasteiger partial charge in [0.15, 0.2) is 5.58 Å². The fraction of sp³-hybridized carbons (Fsp3) is 0.231. The fourth-order valence-electron chi connectivity index (χ4n) is 2.26. The van der Waals surface area contributed by atoms with E-state index in [2.05, 4.69) is 10.1 Å². The minimum Gasteiger partial charge on any atom is -0.408 e. The molecule has 2 heterocycles. The molecule has 98 valence electrons. The van der Waals surface area contributed by atoms with Gasteiger partial charge >= 0.3 is 5.76 Å². The van der Waals surface area contributed by atoms with Gasteiger partial charge in [0.2, 0.25) is 0 Å². The minimum absolute atomic E-state index is 0.444. The molecule has 0 bridgehead atoms. The van der Waals surface area contributed by atoms with Crippen LogP contribution in [0.4, 0.5) is 0 Å². The van der Waals surface area contributed by atoms with Crippen LogP contribution < -0.4 is 11.5 Å². The van der Waals surface area contributed by atoms with E-state index >= 15 is 0 Å². The Morgan fingerprint density at radius 1 is 1.47 bits per heavy atom. The molecule has 0 saturated heterocycles. The highest BCUT2D eigenvalue weighted by molar-refractivity contribution is 5.80. The highest BCUT2D eigenvalue weighted by Crippen LogP contribution is 2.26. The Kier molecular flexibility index (Phi) is 2.72. The number of aryl methyl sites for hydroxylation is 1. The molecule has 0 fully saturated rings. The Bertz CT molecular complexity index is 781. The van der Waals surface area contributed by atoms with E-state index in [1.54, 1.807) is 6.07 Å². The Hall–Kier alpha value is -2.34. The smallest absolute Gasteiger partial charge is 0.408 e. The van der Waals surface area contributed by atoms with Gasteiger partial charge in [-0.25, -0.2) is 4.79 Å². The van der Waals surface area contributed by atoms with Crippen molar-refractivity contribution < 1.29 is 4.42 Å². The minimum atomic E-state index is -0.444. The summed E-state index contributed by atoms with van der Waals surface area (Å²) in [5, 5.41) is 4.26. The summed E-state index contributed by atoms with van der Waals surface area (Å²) < 4.78 is 6.81. The van der Waals surface area contributed by atoms with Crippen LogP contribution in [0.5, 0.6) is 0 Å². The second kappa shape index (κ2) is 4.40. The van der Waals surface area contributed by atoms with Gasteiger partial charge < -0.3 is 10.2 Å². The summed E-state index contributed by atoms with van der Waals surface area (Å²) in [6.07, 6.45) is 2.57. The van der Waals surface area contributed by atoms with Crippen molar-refractivity contribution in [1.29, 1.82) is 0 Å². The zero-order valence-corrected chi connectivity index (χ0v) is 10.5. The predicted octanol–water partition coefficient (Wildman–Crippen LogP) is 1.02. The van der Waals surface area contributed by atoms with Crippen LogP contribution in [0, 0.1) is 0 Å². The third-order valence-electron chi connectivity index (χ3n) is 3.17. The topological polar surface area (TPSA) is 89.8 Å². The number of aromatic nitrogens is 3. The van der Waals surface area contributed by atoms with Crippen LogP contribution in [-0.2, 0) is 13.5 Å². The first-order valence-electron chi connectivity index (χ1n) is 6.03. The molecule has 0 amide bonds. The second-order valence-corrected chi connectivity index (χ2v) is 4.39. The number of oxazole rings is 1. The predicted molar refractivity (Wildman–Crippen MR) is 71.8 cm³/mol. The van der Waals surface area contributed by atoms with Crippen molar-refractivity contribution in [2.45, 2.75) is 6.42 Å². The molecule has 0 unspecified atom stereocenters. The number of benzene rings is 1. The molecule has 6 nitrogen and oxygen atoms in total. The Balaban J connectivity index is 2.15. The summed E-state index contributed by atoms with van der Waals surface area (Å²) in [7, 11) is 1.90. The molecule has 0 aliphatic rings. The lowest BCUT2D eigenvalue weighted by Crippen LogP contribution is -2.08. The van der Waals surface area contributed by atoms with Crippen molar-refractivity contribution in [2.24, 2.45) is 12.8 Å². The first-order valence-corrected chi connectivity index (χ1v) is 6.03. The van der Waals surface area contributed by atoms with Crippen LogP contribution in [0.15, 0.2) is 33.6 Å². The largest absolute Gasteiger partial charge is 0.417 e. The number of hydrogen-bond donors (Lipinski definition) is 2. The first-order chi connectivity index (χ1) is 9.19. The van der Waals surface area contributed by atoms with Crippen molar-refractivity contribution in [3.8, 4) is 11.1 Å². The Labute approximate surface area is 108 Å². The van der Waals surface area contributed by atoms with E-state index in [0.717, 1.165) is 23.2 Å². The fourth-order valence-corrected chi connectivity index (χ4v) is 2.26. The summed E-state index contributed by atoms with van der Waals surface area (Å²) in [6.45, 7) is 0.567.